The van der Waals surface area contributed by atoms with Gasteiger partial charge in [-0.3, -0.25) is 4.98 Å². The zero-order chi connectivity index (χ0) is 24.7. The molecule has 1 aliphatic rings. The highest BCUT2D eigenvalue weighted by molar-refractivity contribution is 7.80. The van der Waals surface area contributed by atoms with E-state index in [1.54, 1.807) is 0 Å². The summed E-state index contributed by atoms with van der Waals surface area (Å²) < 4.78 is 2.35. The van der Waals surface area contributed by atoms with E-state index in [0.29, 0.717) is 0 Å². The molecule has 5 rings (SSSR count). The highest BCUT2D eigenvalue weighted by Gasteiger charge is 2.42. The third-order valence-corrected chi connectivity index (χ3v) is 7.29. The molecule has 2 aromatic carbocycles. The topological polar surface area (TPSA) is 33.1 Å². The Kier molecular flexibility index (Phi) is 6.20. The Morgan fingerprint density at radius 1 is 0.886 bits per heavy atom. The Balaban J connectivity index is 1.67. The van der Waals surface area contributed by atoms with Crippen LogP contribution in [0.15, 0.2) is 72.9 Å². The molecule has 0 radical (unpaired) electrons. The van der Waals surface area contributed by atoms with E-state index in [-0.39, 0.29) is 12.1 Å². The Bertz CT molecular complexity index is 1350. The number of nitrogens with zero attached hydrogens (tertiary/aromatic N) is 3. The number of pyridine rings is 1. The predicted molar refractivity (Wildman–Crippen MR) is 148 cm³/mol. The lowest BCUT2D eigenvalue weighted by molar-refractivity contribution is 0.565. The summed E-state index contributed by atoms with van der Waals surface area (Å²) in [5.74, 6) is 0. The van der Waals surface area contributed by atoms with Crippen LogP contribution in [-0.2, 0) is 6.42 Å². The summed E-state index contributed by atoms with van der Waals surface area (Å²) in [6.07, 6.45) is 2.89. The maximum absolute atomic E-state index is 5.95. The Labute approximate surface area is 213 Å². The van der Waals surface area contributed by atoms with Gasteiger partial charge in [0.25, 0.3) is 0 Å². The van der Waals surface area contributed by atoms with Gasteiger partial charge in [-0.05, 0) is 111 Å². The molecule has 178 valence electrons. The van der Waals surface area contributed by atoms with E-state index in [4.69, 9.17) is 17.2 Å². The maximum Gasteiger partial charge on any atom is 0.174 e. The fourth-order valence-corrected chi connectivity index (χ4v) is 5.75. The van der Waals surface area contributed by atoms with Crippen molar-refractivity contribution < 1.29 is 0 Å². The lowest BCUT2D eigenvalue weighted by atomic mass is 9.96. The molecule has 1 aliphatic heterocycles. The lowest BCUT2D eigenvalue weighted by Gasteiger charge is -2.29. The minimum atomic E-state index is -0.0547. The van der Waals surface area contributed by atoms with Crippen LogP contribution in [0.2, 0.25) is 0 Å². The van der Waals surface area contributed by atoms with Crippen molar-refractivity contribution in [3.05, 3.63) is 112 Å². The van der Waals surface area contributed by atoms with Gasteiger partial charge in [-0.25, -0.2) is 0 Å². The second kappa shape index (κ2) is 9.31. The number of hydrogen-bond donors (Lipinski definition) is 1. The molecule has 0 spiro atoms. The van der Waals surface area contributed by atoms with Crippen molar-refractivity contribution in [2.24, 2.45) is 0 Å². The summed E-state index contributed by atoms with van der Waals surface area (Å²) in [5, 5.41) is 4.33. The molecule has 0 bridgehead atoms. The van der Waals surface area contributed by atoms with Gasteiger partial charge < -0.3 is 14.8 Å². The largest absolute Gasteiger partial charge is 0.351 e. The van der Waals surface area contributed by atoms with Crippen molar-refractivity contribution >= 4 is 23.0 Å². The summed E-state index contributed by atoms with van der Waals surface area (Å²) in [6.45, 7) is 10.9. The zero-order valence-corrected chi connectivity index (χ0v) is 21.9. The van der Waals surface area contributed by atoms with E-state index >= 15 is 0 Å². The van der Waals surface area contributed by atoms with Crippen LogP contribution in [0.4, 0.5) is 5.69 Å². The van der Waals surface area contributed by atoms with Crippen LogP contribution in [0.5, 0.6) is 0 Å². The van der Waals surface area contributed by atoms with Gasteiger partial charge in [0, 0.05) is 29.0 Å². The summed E-state index contributed by atoms with van der Waals surface area (Å²) in [4.78, 5) is 6.99. The van der Waals surface area contributed by atoms with E-state index in [1.807, 2.05) is 18.3 Å². The van der Waals surface area contributed by atoms with Gasteiger partial charge in [-0.15, -0.1) is 0 Å². The van der Waals surface area contributed by atoms with Crippen molar-refractivity contribution in [3.8, 4) is 5.69 Å². The highest BCUT2D eigenvalue weighted by Crippen LogP contribution is 2.44. The van der Waals surface area contributed by atoms with Crippen LogP contribution in [0.25, 0.3) is 5.69 Å². The van der Waals surface area contributed by atoms with E-state index in [2.05, 4.69) is 104 Å². The first kappa shape index (κ1) is 23.3. The van der Waals surface area contributed by atoms with Crippen molar-refractivity contribution in [1.82, 2.24) is 14.9 Å². The summed E-state index contributed by atoms with van der Waals surface area (Å²) in [5.41, 5.74) is 10.8. The zero-order valence-electron chi connectivity index (χ0n) is 21.0. The van der Waals surface area contributed by atoms with Gasteiger partial charge in [0.05, 0.1) is 17.8 Å². The van der Waals surface area contributed by atoms with Crippen LogP contribution < -0.4 is 10.2 Å². The third-order valence-electron chi connectivity index (χ3n) is 6.97. The van der Waals surface area contributed by atoms with E-state index in [9.17, 15) is 0 Å². The number of benzene rings is 2. The standard InChI is InChI=1S/C30H32N4S/c1-6-23-10-12-24(13-11-23)33-21(4)18-26(22(33)5)29-28(27-9-7-8-14-31-27)32-30(35)34(29)25-16-19(2)15-20(3)17-25/h7-18,28-29H,6H2,1-5H3,(H,32,35)/t28-,29+/m1/s1. The van der Waals surface area contributed by atoms with Crippen LogP contribution in [0.3, 0.4) is 0 Å². The summed E-state index contributed by atoms with van der Waals surface area (Å²) in [6, 6.07) is 23.8. The van der Waals surface area contributed by atoms with Crippen LogP contribution in [-0.4, -0.2) is 14.7 Å². The van der Waals surface area contributed by atoms with E-state index in [0.717, 1.165) is 22.9 Å². The smallest absolute Gasteiger partial charge is 0.174 e. The van der Waals surface area contributed by atoms with Gasteiger partial charge in [-0.1, -0.05) is 31.2 Å². The van der Waals surface area contributed by atoms with Gasteiger partial charge in [0.15, 0.2) is 5.11 Å². The normalized spacial score (nSPS) is 17.6. The fourth-order valence-electron chi connectivity index (χ4n) is 5.40. The SMILES string of the molecule is CCc1ccc(-n2c(C)cc([C@H]3[C@@H](c4ccccn4)NC(=S)N3c3cc(C)cc(C)c3)c2C)cc1. The molecule has 4 nitrogen and oxygen atoms in total. The summed E-state index contributed by atoms with van der Waals surface area (Å²) in [7, 11) is 0. The molecular formula is C30H32N4S. The molecule has 4 aromatic rings. The van der Waals surface area contributed by atoms with Crippen molar-refractivity contribution in [1.29, 1.82) is 0 Å². The molecule has 2 aromatic heterocycles. The molecule has 1 fully saturated rings. The molecule has 1 N–H and O–H groups in total. The first-order valence-corrected chi connectivity index (χ1v) is 12.6. The molecule has 3 heterocycles. The molecule has 0 amide bonds. The first-order chi connectivity index (χ1) is 16.9. The number of rotatable bonds is 5. The van der Waals surface area contributed by atoms with Gasteiger partial charge in [-0.2, -0.15) is 0 Å². The lowest BCUT2D eigenvalue weighted by Crippen LogP contribution is -2.29. The number of aromatic nitrogens is 2. The van der Waals surface area contributed by atoms with Gasteiger partial charge in [0.1, 0.15) is 0 Å². The Morgan fingerprint density at radius 3 is 2.23 bits per heavy atom. The van der Waals surface area contributed by atoms with Crippen LogP contribution >= 0.6 is 12.2 Å². The average Bonchev–Trinajstić information content (AvgIpc) is 3.34. The van der Waals surface area contributed by atoms with E-state index in [1.165, 1.54) is 39.3 Å². The molecule has 0 saturated carbocycles. The second-order valence-electron chi connectivity index (χ2n) is 9.52. The number of hydrogen-bond acceptors (Lipinski definition) is 2. The van der Waals surface area contributed by atoms with Crippen molar-refractivity contribution in [3.63, 3.8) is 0 Å². The second-order valence-corrected chi connectivity index (χ2v) is 9.91. The Morgan fingerprint density at radius 2 is 1.60 bits per heavy atom. The van der Waals surface area contributed by atoms with Crippen LogP contribution in [0.1, 0.15) is 58.3 Å². The van der Waals surface area contributed by atoms with Gasteiger partial charge >= 0.3 is 0 Å². The molecule has 1 saturated heterocycles. The van der Waals surface area contributed by atoms with Crippen LogP contribution in [0, 0.1) is 27.7 Å². The minimum absolute atomic E-state index is 0.0199. The van der Waals surface area contributed by atoms with Crippen molar-refractivity contribution in [2.75, 3.05) is 4.90 Å². The quantitative estimate of drug-likeness (QED) is 0.317. The number of nitrogens with one attached hydrogen (secondary N) is 1. The third kappa shape index (κ3) is 4.25. The number of anilines is 1. The summed E-state index contributed by atoms with van der Waals surface area (Å²) >= 11 is 5.95. The molecule has 2 atom stereocenters. The molecule has 0 unspecified atom stereocenters. The predicted octanol–water partition coefficient (Wildman–Crippen LogP) is 6.85. The number of thiocarbonyl (C=S) groups is 1. The fraction of sp³-hybridized carbons (Fsp3) is 0.267. The molecule has 5 heteroatoms. The molecule has 0 aliphatic carbocycles. The van der Waals surface area contributed by atoms with Gasteiger partial charge in [0.2, 0.25) is 0 Å². The Hall–Kier alpha value is -3.44. The monoisotopic (exact) mass is 480 g/mol. The molecular weight excluding hydrogens is 448 g/mol. The van der Waals surface area contributed by atoms with Crippen molar-refractivity contribution in [2.45, 2.75) is 53.1 Å². The maximum atomic E-state index is 5.95. The first-order valence-electron chi connectivity index (χ1n) is 12.2. The minimum Gasteiger partial charge on any atom is -0.351 e. The average molecular weight is 481 g/mol. The highest BCUT2D eigenvalue weighted by atomic mass is 32.1. The molecule has 35 heavy (non-hydrogen) atoms. The van der Waals surface area contributed by atoms with E-state index < -0.39 is 0 Å². The number of aryl methyl sites for hydroxylation is 4.